The highest BCUT2D eigenvalue weighted by atomic mass is 16.1. The predicted octanol–water partition coefficient (Wildman–Crippen LogP) is 2.79. The molecule has 0 bridgehead atoms. The normalized spacial score (nSPS) is 12.2. The lowest BCUT2D eigenvalue weighted by Gasteiger charge is -2.19. The van der Waals surface area contributed by atoms with Crippen LogP contribution in [0.4, 0.5) is 0 Å². The van der Waals surface area contributed by atoms with E-state index in [4.69, 9.17) is 5.73 Å². The lowest BCUT2D eigenvalue weighted by molar-refractivity contribution is 0.0952. The second-order valence-electron chi connectivity index (χ2n) is 5.64. The highest BCUT2D eigenvalue weighted by molar-refractivity contribution is 5.95. The highest BCUT2D eigenvalue weighted by Gasteiger charge is 2.19. The van der Waals surface area contributed by atoms with E-state index in [2.05, 4.69) is 28.9 Å². The second kappa shape index (κ2) is 7.27. The summed E-state index contributed by atoms with van der Waals surface area (Å²) in [4.78, 5) is 12.3. The SMILES string of the molecule is Cc1cc(C(=O)NCCCN)c(C)n1C(C)c1ccccc1. The molecule has 1 atom stereocenters. The van der Waals surface area contributed by atoms with Gasteiger partial charge in [-0.3, -0.25) is 4.79 Å². The molecule has 2 aromatic rings. The van der Waals surface area contributed by atoms with Gasteiger partial charge in [-0.15, -0.1) is 0 Å². The van der Waals surface area contributed by atoms with Gasteiger partial charge < -0.3 is 15.6 Å². The number of rotatable bonds is 6. The van der Waals surface area contributed by atoms with E-state index in [1.165, 1.54) is 5.56 Å². The maximum atomic E-state index is 12.3. The number of hydrogen-bond donors (Lipinski definition) is 2. The Balaban J connectivity index is 2.25. The number of hydrogen-bond acceptors (Lipinski definition) is 2. The molecule has 4 nitrogen and oxygen atoms in total. The van der Waals surface area contributed by atoms with Crippen LogP contribution in [0.15, 0.2) is 36.4 Å². The Morgan fingerprint density at radius 2 is 1.95 bits per heavy atom. The van der Waals surface area contributed by atoms with E-state index in [1.807, 2.05) is 38.1 Å². The topological polar surface area (TPSA) is 60.1 Å². The zero-order chi connectivity index (χ0) is 16.1. The van der Waals surface area contributed by atoms with Crippen molar-refractivity contribution in [2.75, 3.05) is 13.1 Å². The lowest BCUT2D eigenvalue weighted by Crippen LogP contribution is -2.26. The lowest BCUT2D eigenvalue weighted by atomic mass is 10.1. The summed E-state index contributed by atoms with van der Waals surface area (Å²) in [5.74, 6) is -0.0203. The van der Waals surface area contributed by atoms with Crippen LogP contribution < -0.4 is 11.1 Å². The van der Waals surface area contributed by atoms with Crippen LogP contribution in [0.1, 0.15) is 46.7 Å². The molecular weight excluding hydrogens is 274 g/mol. The van der Waals surface area contributed by atoms with Crippen LogP contribution in [0.25, 0.3) is 0 Å². The van der Waals surface area contributed by atoms with Gasteiger partial charge in [0.1, 0.15) is 0 Å². The highest BCUT2D eigenvalue weighted by Crippen LogP contribution is 2.25. The molecule has 1 heterocycles. The molecule has 0 fully saturated rings. The maximum absolute atomic E-state index is 12.3. The van der Waals surface area contributed by atoms with Gasteiger partial charge in [-0.1, -0.05) is 30.3 Å². The monoisotopic (exact) mass is 299 g/mol. The number of nitrogens with zero attached hydrogens (tertiary/aromatic N) is 1. The molecule has 1 amide bonds. The van der Waals surface area contributed by atoms with Gasteiger partial charge in [-0.2, -0.15) is 0 Å². The molecule has 4 heteroatoms. The number of nitrogens with two attached hydrogens (primary N) is 1. The third-order valence-electron chi connectivity index (χ3n) is 4.06. The van der Waals surface area contributed by atoms with Crippen molar-refractivity contribution in [2.24, 2.45) is 5.73 Å². The van der Waals surface area contributed by atoms with E-state index < -0.39 is 0 Å². The Bertz CT molecular complexity index is 631. The number of benzene rings is 1. The first-order valence-electron chi connectivity index (χ1n) is 7.78. The summed E-state index contributed by atoms with van der Waals surface area (Å²) in [7, 11) is 0. The Morgan fingerprint density at radius 1 is 1.27 bits per heavy atom. The quantitative estimate of drug-likeness (QED) is 0.806. The number of aromatic nitrogens is 1. The van der Waals surface area contributed by atoms with E-state index in [9.17, 15) is 4.79 Å². The summed E-state index contributed by atoms with van der Waals surface area (Å²) in [6.07, 6.45) is 0.797. The number of carbonyl (C=O) groups is 1. The van der Waals surface area contributed by atoms with Gasteiger partial charge >= 0.3 is 0 Å². The summed E-state index contributed by atoms with van der Waals surface area (Å²) < 4.78 is 2.22. The molecule has 0 saturated heterocycles. The minimum atomic E-state index is -0.0203. The zero-order valence-electron chi connectivity index (χ0n) is 13.6. The fourth-order valence-corrected chi connectivity index (χ4v) is 2.88. The van der Waals surface area contributed by atoms with Gasteiger partial charge in [-0.05, 0) is 45.4 Å². The minimum absolute atomic E-state index is 0.0203. The molecule has 0 aliphatic rings. The fourth-order valence-electron chi connectivity index (χ4n) is 2.88. The second-order valence-corrected chi connectivity index (χ2v) is 5.64. The Kier molecular flexibility index (Phi) is 5.39. The predicted molar refractivity (Wildman–Crippen MR) is 90.2 cm³/mol. The molecule has 0 radical (unpaired) electrons. The van der Waals surface area contributed by atoms with Gasteiger partial charge in [0.2, 0.25) is 0 Å². The molecule has 2 rings (SSSR count). The van der Waals surface area contributed by atoms with Crippen molar-refractivity contribution in [1.82, 2.24) is 9.88 Å². The van der Waals surface area contributed by atoms with Crippen LogP contribution >= 0.6 is 0 Å². The molecule has 0 aliphatic carbocycles. The van der Waals surface area contributed by atoms with Crippen LogP contribution in [-0.2, 0) is 0 Å². The summed E-state index contributed by atoms with van der Waals surface area (Å²) in [6.45, 7) is 7.41. The summed E-state index contributed by atoms with van der Waals surface area (Å²) in [5, 5.41) is 2.93. The van der Waals surface area contributed by atoms with E-state index in [0.717, 1.165) is 23.4 Å². The van der Waals surface area contributed by atoms with Crippen LogP contribution in [0.2, 0.25) is 0 Å². The van der Waals surface area contributed by atoms with Crippen molar-refractivity contribution < 1.29 is 4.79 Å². The zero-order valence-corrected chi connectivity index (χ0v) is 13.6. The van der Waals surface area contributed by atoms with Crippen molar-refractivity contribution in [1.29, 1.82) is 0 Å². The molecular formula is C18H25N3O. The summed E-state index contributed by atoms with van der Waals surface area (Å²) in [6, 6.07) is 12.5. The summed E-state index contributed by atoms with van der Waals surface area (Å²) >= 11 is 0. The van der Waals surface area contributed by atoms with Crippen LogP contribution in [0.5, 0.6) is 0 Å². The average Bonchev–Trinajstić information content (AvgIpc) is 2.82. The molecule has 22 heavy (non-hydrogen) atoms. The van der Waals surface area contributed by atoms with Crippen molar-refractivity contribution in [3.63, 3.8) is 0 Å². The van der Waals surface area contributed by atoms with Gasteiger partial charge in [0, 0.05) is 17.9 Å². The van der Waals surface area contributed by atoms with Gasteiger partial charge in [0.05, 0.1) is 11.6 Å². The molecule has 1 aromatic heterocycles. The van der Waals surface area contributed by atoms with Gasteiger partial charge in [-0.25, -0.2) is 0 Å². The Hall–Kier alpha value is -2.07. The van der Waals surface area contributed by atoms with Crippen molar-refractivity contribution in [3.8, 4) is 0 Å². The van der Waals surface area contributed by atoms with E-state index in [-0.39, 0.29) is 11.9 Å². The number of nitrogens with one attached hydrogen (secondary N) is 1. The first-order chi connectivity index (χ1) is 10.6. The van der Waals surface area contributed by atoms with Gasteiger partial charge in [0.25, 0.3) is 5.91 Å². The Morgan fingerprint density at radius 3 is 2.59 bits per heavy atom. The molecule has 0 saturated carbocycles. The molecule has 3 N–H and O–H groups in total. The summed E-state index contributed by atoms with van der Waals surface area (Å²) in [5.41, 5.74) is 9.54. The van der Waals surface area contributed by atoms with Crippen LogP contribution in [-0.4, -0.2) is 23.6 Å². The molecule has 1 aromatic carbocycles. The van der Waals surface area contributed by atoms with E-state index >= 15 is 0 Å². The molecule has 0 aliphatic heterocycles. The molecule has 118 valence electrons. The van der Waals surface area contributed by atoms with Crippen molar-refractivity contribution >= 4 is 5.91 Å². The van der Waals surface area contributed by atoms with Crippen molar-refractivity contribution in [2.45, 2.75) is 33.2 Å². The first kappa shape index (κ1) is 16.3. The van der Waals surface area contributed by atoms with Crippen LogP contribution in [0.3, 0.4) is 0 Å². The molecule has 1 unspecified atom stereocenters. The van der Waals surface area contributed by atoms with E-state index in [1.54, 1.807) is 0 Å². The third kappa shape index (κ3) is 3.39. The number of carbonyl (C=O) groups excluding carboxylic acids is 1. The van der Waals surface area contributed by atoms with Crippen molar-refractivity contribution in [3.05, 3.63) is 58.9 Å². The number of aryl methyl sites for hydroxylation is 1. The van der Waals surface area contributed by atoms with Crippen LogP contribution in [0, 0.1) is 13.8 Å². The van der Waals surface area contributed by atoms with Gasteiger partial charge in [0.15, 0.2) is 0 Å². The minimum Gasteiger partial charge on any atom is -0.352 e. The van der Waals surface area contributed by atoms with E-state index in [0.29, 0.717) is 13.1 Å². The molecule has 0 spiro atoms. The largest absolute Gasteiger partial charge is 0.352 e. The fraction of sp³-hybridized carbons (Fsp3) is 0.389. The first-order valence-corrected chi connectivity index (χ1v) is 7.78. The maximum Gasteiger partial charge on any atom is 0.253 e. The third-order valence-corrected chi connectivity index (χ3v) is 4.06. The smallest absolute Gasteiger partial charge is 0.253 e. The number of amides is 1. The average molecular weight is 299 g/mol. The standard InChI is InChI=1S/C18H25N3O/c1-13-12-17(18(22)20-11-7-10-19)15(3)21(13)14(2)16-8-5-4-6-9-16/h4-6,8-9,12,14H,7,10-11,19H2,1-3H3,(H,20,22). The Labute approximate surface area is 132 Å².